The smallest absolute Gasteiger partial charge is 0.325 e. The highest BCUT2D eigenvalue weighted by molar-refractivity contribution is 7.90. The summed E-state index contributed by atoms with van der Waals surface area (Å²) in [5, 5.41) is 4.31. The van der Waals surface area contributed by atoms with Crippen molar-refractivity contribution in [1.29, 1.82) is 0 Å². The third-order valence-electron chi connectivity index (χ3n) is 4.43. The summed E-state index contributed by atoms with van der Waals surface area (Å²) in [6.45, 7) is 5.61. The largest absolute Gasteiger partial charge is 0.468 e. The van der Waals surface area contributed by atoms with Crippen molar-refractivity contribution in [3.05, 3.63) is 40.5 Å². The second-order valence-electron chi connectivity index (χ2n) is 7.07. The Bertz CT molecular complexity index is 1310. The number of fused-ring (bicyclic) bond motifs is 1. The summed E-state index contributed by atoms with van der Waals surface area (Å²) in [6, 6.07) is 6.30. The van der Waals surface area contributed by atoms with E-state index in [0.717, 1.165) is 23.3 Å². The highest BCUT2D eigenvalue weighted by Crippen LogP contribution is 2.22. The van der Waals surface area contributed by atoms with Crippen LogP contribution in [0.2, 0.25) is 0 Å². The second kappa shape index (κ2) is 8.15. The molecular weight excluding hydrogens is 428 g/mol. The lowest BCUT2D eigenvalue weighted by Crippen LogP contribution is -2.22. The summed E-state index contributed by atoms with van der Waals surface area (Å²) < 4.78 is 32.3. The van der Waals surface area contributed by atoms with Crippen molar-refractivity contribution in [2.24, 2.45) is 4.99 Å². The lowest BCUT2D eigenvalue weighted by atomic mass is 10.3. The highest BCUT2D eigenvalue weighted by atomic mass is 32.2. The highest BCUT2D eigenvalue weighted by Gasteiger charge is 2.17. The Morgan fingerprint density at radius 2 is 1.97 bits per heavy atom. The van der Waals surface area contributed by atoms with E-state index in [4.69, 9.17) is 4.74 Å². The van der Waals surface area contributed by atoms with Gasteiger partial charge in [-0.2, -0.15) is 10.1 Å². The predicted octanol–water partition coefficient (Wildman–Crippen LogP) is 2.11. The number of nitrogens with zero attached hydrogens (tertiary/aromatic N) is 4. The maximum atomic E-state index is 12.8. The topological polar surface area (TPSA) is 113 Å². The Hall–Kier alpha value is -2.79. The van der Waals surface area contributed by atoms with Gasteiger partial charge in [-0.1, -0.05) is 11.3 Å². The number of esters is 1. The number of aryl methyl sites for hydroxylation is 1. The number of carbonyl (C=O) groups is 2. The summed E-state index contributed by atoms with van der Waals surface area (Å²) in [6.07, 6.45) is 1.12. The molecule has 0 aliphatic heterocycles. The van der Waals surface area contributed by atoms with Crippen molar-refractivity contribution in [3.8, 4) is 0 Å². The molecule has 0 aliphatic rings. The van der Waals surface area contributed by atoms with Crippen LogP contribution >= 0.6 is 11.3 Å². The lowest BCUT2D eigenvalue weighted by molar-refractivity contribution is -0.141. The van der Waals surface area contributed by atoms with Crippen LogP contribution in [-0.4, -0.2) is 48.0 Å². The predicted molar refractivity (Wildman–Crippen MR) is 112 cm³/mol. The first-order chi connectivity index (χ1) is 14.0. The minimum Gasteiger partial charge on any atom is -0.468 e. The number of sulfone groups is 1. The summed E-state index contributed by atoms with van der Waals surface area (Å²) in [7, 11) is -2.14. The number of ether oxygens (including phenoxy) is 1. The minimum absolute atomic E-state index is 0.0922. The van der Waals surface area contributed by atoms with Gasteiger partial charge in [0.2, 0.25) is 0 Å². The van der Waals surface area contributed by atoms with Crippen molar-refractivity contribution in [2.45, 2.75) is 38.3 Å². The Kier molecular flexibility index (Phi) is 5.95. The molecule has 3 rings (SSSR count). The molecular formula is C19H22N4O5S2. The molecule has 2 aromatic heterocycles. The van der Waals surface area contributed by atoms with Gasteiger partial charge in [0, 0.05) is 18.0 Å². The van der Waals surface area contributed by atoms with Crippen molar-refractivity contribution in [2.75, 3.05) is 13.4 Å². The van der Waals surface area contributed by atoms with E-state index in [1.165, 1.54) is 23.8 Å². The second-order valence-corrected chi connectivity index (χ2v) is 10.1. The van der Waals surface area contributed by atoms with Crippen LogP contribution in [-0.2, 0) is 25.9 Å². The van der Waals surface area contributed by atoms with Crippen LogP contribution < -0.4 is 4.80 Å². The van der Waals surface area contributed by atoms with Gasteiger partial charge in [-0.25, -0.2) is 8.42 Å². The molecule has 0 N–H and O–H groups in total. The van der Waals surface area contributed by atoms with E-state index in [1.54, 1.807) is 16.8 Å². The van der Waals surface area contributed by atoms with Gasteiger partial charge in [-0.3, -0.25) is 14.3 Å². The summed E-state index contributed by atoms with van der Waals surface area (Å²) in [5.41, 5.74) is 1.61. The van der Waals surface area contributed by atoms with Crippen molar-refractivity contribution < 1.29 is 22.7 Å². The molecule has 1 amide bonds. The van der Waals surface area contributed by atoms with Crippen molar-refractivity contribution in [3.63, 3.8) is 0 Å². The van der Waals surface area contributed by atoms with E-state index < -0.39 is 21.7 Å². The molecule has 9 nitrogen and oxygen atoms in total. The van der Waals surface area contributed by atoms with E-state index in [1.807, 2.05) is 20.8 Å². The first kappa shape index (κ1) is 21.9. The van der Waals surface area contributed by atoms with Crippen LogP contribution in [0.4, 0.5) is 0 Å². The molecule has 30 heavy (non-hydrogen) atoms. The number of amides is 1. The molecule has 2 heterocycles. The van der Waals surface area contributed by atoms with Gasteiger partial charge in [0.1, 0.15) is 6.54 Å². The van der Waals surface area contributed by atoms with Crippen molar-refractivity contribution >= 4 is 43.3 Å². The standard InChI is InChI=1S/C19H22N4O5S2/c1-11(2)23-12(3)8-14(21-23)18(25)20-19-22(10-17(24)28-4)15-7-6-13(30(5,26)27)9-16(15)29-19/h6-9,11H,10H2,1-5H3. The molecule has 0 radical (unpaired) electrons. The van der Waals surface area contributed by atoms with Gasteiger partial charge in [0.25, 0.3) is 5.91 Å². The molecule has 11 heteroatoms. The van der Waals surface area contributed by atoms with Crippen LogP contribution in [0.25, 0.3) is 10.2 Å². The van der Waals surface area contributed by atoms with Crippen LogP contribution in [0, 0.1) is 6.92 Å². The number of carbonyl (C=O) groups excluding carboxylic acids is 2. The molecule has 0 saturated carbocycles. The fourth-order valence-electron chi connectivity index (χ4n) is 2.98. The van der Waals surface area contributed by atoms with Gasteiger partial charge >= 0.3 is 5.97 Å². The van der Waals surface area contributed by atoms with Gasteiger partial charge in [-0.05, 0) is 45.0 Å². The minimum atomic E-state index is -3.41. The molecule has 0 unspecified atom stereocenters. The SMILES string of the molecule is COC(=O)Cn1c(=NC(=O)c2cc(C)n(C(C)C)n2)sc2cc(S(C)(=O)=O)ccc21. The van der Waals surface area contributed by atoms with Crippen molar-refractivity contribution in [1.82, 2.24) is 14.3 Å². The van der Waals surface area contributed by atoms with E-state index in [-0.39, 0.29) is 28.0 Å². The zero-order valence-corrected chi connectivity index (χ0v) is 18.9. The van der Waals surface area contributed by atoms with Gasteiger partial charge in [-0.15, -0.1) is 0 Å². The van der Waals surface area contributed by atoms with E-state index in [0.29, 0.717) is 10.2 Å². The Labute approximate surface area is 177 Å². The van der Waals surface area contributed by atoms with Crippen LogP contribution in [0.5, 0.6) is 0 Å². The number of thiazole rings is 1. The monoisotopic (exact) mass is 450 g/mol. The van der Waals surface area contributed by atoms with Crippen LogP contribution in [0.15, 0.2) is 34.2 Å². The van der Waals surface area contributed by atoms with Gasteiger partial charge < -0.3 is 9.30 Å². The molecule has 160 valence electrons. The normalized spacial score (nSPS) is 12.7. The number of rotatable bonds is 5. The molecule has 0 fully saturated rings. The molecule has 0 bridgehead atoms. The third kappa shape index (κ3) is 4.36. The first-order valence-corrected chi connectivity index (χ1v) is 11.8. The van der Waals surface area contributed by atoms with E-state index >= 15 is 0 Å². The summed E-state index contributed by atoms with van der Waals surface area (Å²) >= 11 is 1.12. The third-order valence-corrected chi connectivity index (χ3v) is 6.58. The number of aromatic nitrogens is 3. The zero-order valence-electron chi connectivity index (χ0n) is 17.2. The number of methoxy groups -OCH3 is 1. The Morgan fingerprint density at radius 3 is 2.53 bits per heavy atom. The molecule has 0 spiro atoms. The van der Waals surface area contributed by atoms with Gasteiger partial charge in [0.15, 0.2) is 20.3 Å². The molecule has 0 saturated heterocycles. The fourth-order valence-corrected chi connectivity index (χ4v) is 4.76. The fraction of sp³-hybridized carbons (Fsp3) is 0.368. The van der Waals surface area contributed by atoms with Gasteiger partial charge in [0.05, 0.1) is 22.2 Å². The van der Waals surface area contributed by atoms with Crippen LogP contribution in [0.3, 0.4) is 0 Å². The molecule has 0 aliphatic carbocycles. The molecule has 3 aromatic rings. The Morgan fingerprint density at radius 1 is 1.27 bits per heavy atom. The quantitative estimate of drug-likeness (QED) is 0.550. The van der Waals surface area contributed by atoms with E-state index in [9.17, 15) is 18.0 Å². The number of hydrogen-bond acceptors (Lipinski definition) is 7. The average molecular weight is 451 g/mol. The first-order valence-electron chi connectivity index (χ1n) is 9.06. The lowest BCUT2D eigenvalue weighted by Gasteiger charge is -2.06. The van der Waals surface area contributed by atoms with Crippen LogP contribution in [0.1, 0.15) is 36.1 Å². The molecule has 0 atom stereocenters. The summed E-state index contributed by atoms with van der Waals surface area (Å²) in [4.78, 5) is 29.2. The summed E-state index contributed by atoms with van der Waals surface area (Å²) in [5.74, 6) is -1.07. The molecule has 1 aromatic carbocycles. The number of hydrogen-bond donors (Lipinski definition) is 0. The zero-order chi connectivity index (χ0) is 22.2. The average Bonchev–Trinajstić information content (AvgIpc) is 3.21. The number of benzene rings is 1. The maximum Gasteiger partial charge on any atom is 0.325 e. The van der Waals surface area contributed by atoms with E-state index in [2.05, 4.69) is 10.1 Å². The maximum absolute atomic E-state index is 12.8. The Balaban J connectivity index is 2.17.